The Morgan fingerprint density at radius 3 is 2.63 bits per heavy atom. The lowest BCUT2D eigenvalue weighted by Crippen LogP contribution is -2.32. The molecule has 0 spiro atoms. The molecule has 0 heterocycles. The highest BCUT2D eigenvalue weighted by Gasteiger charge is 2.22. The van der Waals surface area contributed by atoms with Crippen LogP contribution in [0.4, 0.5) is 0 Å². The SMILES string of the molecule is C=C(C)CN(CC)S(=O)(=O)c1cccc(CNC)c1. The summed E-state index contributed by atoms with van der Waals surface area (Å²) in [6, 6.07) is 7.03. The van der Waals surface area contributed by atoms with Crippen LogP contribution in [0, 0.1) is 0 Å². The number of hydrogen-bond acceptors (Lipinski definition) is 3. The maximum Gasteiger partial charge on any atom is 0.243 e. The quantitative estimate of drug-likeness (QED) is 0.778. The first-order valence-electron chi connectivity index (χ1n) is 6.30. The summed E-state index contributed by atoms with van der Waals surface area (Å²) in [5.41, 5.74) is 1.78. The van der Waals surface area contributed by atoms with Crippen molar-refractivity contribution in [3.05, 3.63) is 42.0 Å². The minimum atomic E-state index is -3.44. The first-order chi connectivity index (χ1) is 8.91. The van der Waals surface area contributed by atoms with Crippen LogP contribution in [0.3, 0.4) is 0 Å². The molecule has 0 radical (unpaired) electrons. The van der Waals surface area contributed by atoms with Gasteiger partial charge in [-0.2, -0.15) is 4.31 Å². The molecule has 4 nitrogen and oxygen atoms in total. The van der Waals surface area contributed by atoms with Crippen molar-refractivity contribution < 1.29 is 8.42 Å². The molecule has 0 bridgehead atoms. The van der Waals surface area contributed by atoms with Gasteiger partial charge in [0, 0.05) is 19.6 Å². The Bertz CT molecular complexity index is 538. The molecule has 0 aliphatic carbocycles. The topological polar surface area (TPSA) is 49.4 Å². The van der Waals surface area contributed by atoms with E-state index in [2.05, 4.69) is 11.9 Å². The minimum Gasteiger partial charge on any atom is -0.316 e. The summed E-state index contributed by atoms with van der Waals surface area (Å²) >= 11 is 0. The van der Waals surface area contributed by atoms with Crippen molar-refractivity contribution in [1.82, 2.24) is 9.62 Å². The molecule has 0 aliphatic rings. The summed E-state index contributed by atoms with van der Waals surface area (Å²) in [7, 11) is -1.61. The van der Waals surface area contributed by atoms with E-state index < -0.39 is 10.0 Å². The van der Waals surface area contributed by atoms with Gasteiger partial charge in [-0.05, 0) is 31.7 Å². The highest BCUT2D eigenvalue weighted by Crippen LogP contribution is 2.18. The minimum absolute atomic E-state index is 0.336. The molecule has 0 unspecified atom stereocenters. The second kappa shape index (κ2) is 6.84. The largest absolute Gasteiger partial charge is 0.316 e. The second-order valence-corrected chi connectivity index (χ2v) is 6.50. The Morgan fingerprint density at radius 1 is 1.42 bits per heavy atom. The Morgan fingerprint density at radius 2 is 2.11 bits per heavy atom. The first-order valence-corrected chi connectivity index (χ1v) is 7.74. The van der Waals surface area contributed by atoms with Gasteiger partial charge in [0.05, 0.1) is 4.90 Å². The molecule has 0 aliphatic heterocycles. The first kappa shape index (κ1) is 15.9. The number of likely N-dealkylation sites (N-methyl/N-ethyl adjacent to an activating group) is 1. The zero-order valence-corrected chi connectivity index (χ0v) is 12.6. The molecule has 0 fully saturated rings. The Kier molecular flexibility index (Phi) is 5.72. The molecular weight excluding hydrogens is 260 g/mol. The van der Waals surface area contributed by atoms with Gasteiger partial charge in [-0.15, -0.1) is 0 Å². The monoisotopic (exact) mass is 282 g/mol. The standard InChI is InChI=1S/C14H22N2O2S/c1-5-16(11-12(2)3)19(17,18)14-8-6-7-13(9-14)10-15-4/h6-9,15H,2,5,10-11H2,1,3-4H3. The third-order valence-electron chi connectivity index (χ3n) is 2.72. The van der Waals surface area contributed by atoms with Crippen LogP contribution in [0.2, 0.25) is 0 Å². The van der Waals surface area contributed by atoms with Crippen molar-refractivity contribution in [1.29, 1.82) is 0 Å². The molecule has 1 aromatic rings. The summed E-state index contributed by atoms with van der Waals surface area (Å²) in [5.74, 6) is 0. The van der Waals surface area contributed by atoms with Gasteiger partial charge in [0.2, 0.25) is 10.0 Å². The van der Waals surface area contributed by atoms with E-state index >= 15 is 0 Å². The van der Waals surface area contributed by atoms with E-state index in [0.717, 1.165) is 11.1 Å². The van der Waals surface area contributed by atoms with E-state index in [1.807, 2.05) is 27.0 Å². The molecule has 0 amide bonds. The molecule has 1 rings (SSSR count). The number of nitrogens with one attached hydrogen (secondary N) is 1. The molecule has 0 saturated carbocycles. The molecule has 0 aromatic heterocycles. The number of rotatable bonds is 7. The normalized spacial score (nSPS) is 11.8. The van der Waals surface area contributed by atoms with Crippen molar-refractivity contribution in [2.75, 3.05) is 20.1 Å². The van der Waals surface area contributed by atoms with Crippen molar-refractivity contribution >= 4 is 10.0 Å². The summed E-state index contributed by atoms with van der Waals surface area (Å²) in [4.78, 5) is 0.336. The predicted molar refractivity (Wildman–Crippen MR) is 78.5 cm³/mol. The fourth-order valence-corrected chi connectivity index (χ4v) is 3.42. The zero-order chi connectivity index (χ0) is 14.5. The molecule has 1 aromatic carbocycles. The van der Waals surface area contributed by atoms with Gasteiger partial charge >= 0.3 is 0 Å². The second-order valence-electron chi connectivity index (χ2n) is 4.57. The van der Waals surface area contributed by atoms with E-state index in [0.29, 0.717) is 24.5 Å². The van der Waals surface area contributed by atoms with E-state index in [-0.39, 0.29) is 0 Å². The summed E-state index contributed by atoms with van der Waals surface area (Å²) in [6.07, 6.45) is 0. The van der Waals surface area contributed by atoms with Gasteiger partial charge in [-0.25, -0.2) is 8.42 Å². The van der Waals surface area contributed by atoms with Crippen LogP contribution in [-0.4, -0.2) is 32.9 Å². The van der Waals surface area contributed by atoms with Crippen LogP contribution < -0.4 is 5.32 Å². The van der Waals surface area contributed by atoms with Crippen molar-refractivity contribution in [2.45, 2.75) is 25.3 Å². The average molecular weight is 282 g/mol. The fourth-order valence-electron chi connectivity index (χ4n) is 1.84. The summed E-state index contributed by atoms with van der Waals surface area (Å²) in [5, 5.41) is 3.02. The molecule has 5 heteroatoms. The maximum atomic E-state index is 12.5. The van der Waals surface area contributed by atoms with Crippen LogP contribution in [0.25, 0.3) is 0 Å². The molecular formula is C14H22N2O2S. The average Bonchev–Trinajstić information content (AvgIpc) is 2.36. The van der Waals surface area contributed by atoms with Gasteiger partial charge in [-0.3, -0.25) is 0 Å². The Labute approximate surface area is 116 Å². The molecule has 0 atom stereocenters. The zero-order valence-electron chi connectivity index (χ0n) is 11.8. The molecule has 106 valence electrons. The van der Waals surface area contributed by atoms with E-state index in [1.165, 1.54) is 4.31 Å². The van der Waals surface area contributed by atoms with Gasteiger partial charge in [0.25, 0.3) is 0 Å². The predicted octanol–water partition coefficient (Wildman–Crippen LogP) is 1.99. The maximum absolute atomic E-state index is 12.5. The lowest BCUT2D eigenvalue weighted by Gasteiger charge is -2.20. The molecule has 19 heavy (non-hydrogen) atoms. The fraction of sp³-hybridized carbons (Fsp3) is 0.429. The van der Waals surface area contributed by atoms with Crippen LogP contribution in [-0.2, 0) is 16.6 Å². The summed E-state index contributed by atoms with van der Waals surface area (Å²) < 4.78 is 26.5. The van der Waals surface area contributed by atoms with E-state index in [1.54, 1.807) is 18.2 Å². The van der Waals surface area contributed by atoms with Gasteiger partial charge in [0.15, 0.2) is 0 Å². The number of sulfonamides is 1. The van der Waals surface area contributed by atoms with Gasteiger partial charge in [0.1, 0.15) is 0 Å². The van der Waals surface area contributed by atoms with E-state index in [4.69, 9.17) is 0 Å². The third kappa shape index (κ3) is 4.16. The smallest absolute Gasteiger partial charge is 0.243 e. The van der Waals surface area contributed by atoms with Crippen LogP contribution in [0.5, 0.6) is 0 Å². The number of hydrogen-bond donors (Lipinski definition) is 1. The third-order valence-corrected chi connectivity index (χ3v) is 4.63. The number of nitrogens with zero attached hydrogens (tertiary/aromatic N) is 1. The molecule has 1 N–H and O–H groups in total. The highest BCUT2D eigenvalue weighted by atomic mass is 32.2. The van der Waals surface area contributed by atoms with E-state index in [9.17, 15) is 8.42 Å². The highest BCUT2D eigenvalue weighted by molar-refractivity contribution is 7.89. The molecule has 0 saturated heterocycles. The van der Waals surface area contributed by atoms with Crippen LogP contribution >= 0.6 is 0 Å². The van der Waals surface area contributed by atoms with Gasteiger partial charge < -0.3 is 5.32 Å². The Balaban J connectivity index is 3.10. The summed E-state index contributed by atoms with van der Waals surface area (Å²) in [6.45, 7) is 8.88. The lowest BCUT2D eigenvalue weighted by molar-refractivity contribution is 0.453. The van der Waals surface area contributed by atoms with Crippen molar-refractivity contribution in [3.8, 4) is 0 Å². The van der Waals surface area contributed by atoms with Crippen LogP contribution in [0.15, 0.2) is 41.3 Å². The lowest BCUT2D eigenvalue weighted by atomic mass is 10.2. The Hall–Kier alpha value is -1.17. The van der Waals surface area contributed by atoms with Crippen LogP contribution in [0.1, 0.15) is 19.4 Å². The van der Waals surface area contributed by atoms with Gasteiger partial charge in [-0.1, -0.05) is 31.2 Å². The van der Waals surface area contributed by atoms with Crippen molar-refractivity contribution in [2.24, 2.45) is 0 Å². The van der Waals surface area contributed by atoms with Crippen molar-refractivity contribution in [3.63, 3.8) is 0 Å². The number of benzene rings is 1.